The van der Waals surface area contributed by atoms with Crippen molar-refractivity contribution in [2.45, 2.75) is 5.03 Å². The summed E-state index contributed by atoms with van der Waals surface area (Å²) in [4.78, 5) is 3.62. The Bertz CT molecular complexity index is 750. The molecule has 1 aromatic carbocycles. The number of methoxy groups -OCH3 is 1. The third kappa shape index (κ3) is 3.08. The third-order valence-electron chi connectivity index (χ3n) is 2.53. The van der Waals surface area contributed by atoms with Gasteiger partial charge in [0.15, 0.2) is 22.4 Å². The second-order valence-electron chi connectivity index (χ2n) is 4.04. The molecular weight excluding hydrogens is 328 g/mol. The van der Waals surface area contributed by atoms with Crippen molar-refractivity contribution < 1.29 is 21.9 Å². The van der Waals surface area contributed by atoms with Crippen LogP contribution >= 0.6 is 11.6 Å². The lowest BCUT2D eigenvalue weighted by Gasteiger charge is -2.08. The molecule has 114 valence electrons. The average Bonchev–Trinajstić information content (AvgIpc) is 2.69. The zero-order chi connectivity index (χ0) is 15.8. The molecule has 0 bridgehead atoms. The number of rotatable bonds is 4. The highest BCUT2D eigenvalue weighted by Crippen LogP contribution is 2.26. The molecule has 0 spiro atoms. The van der Waals surface area contributed by atoms with Crippen LogP contribution in [-0.2, 0) is 17.1 Å². The first-order valence-electron chi connectivity index (χ1n) is 5.49. The summed E-state index contributed by atoms with van der Waals surface area (Å²) in [6.07, 6.45) is 1.17. The first-order valence-corrected chi connectivity index (χ1v) is 7.35. The van der Waals surface area contributed by atoms with E-state index < -0.39 is 27.4 Å². The molecule has 0 amide bonds. The molecule has 1 heterocycles. The van der Waals surface area contributed by atoms with E-state index in [1.807, 2.05) is 4.72 Å². The Balaban J connectivity index is 2.37. The highest BCUT2D eigenvalue weighted by atomic mass is 35.5. The number of halogens is 3. The van der Waals surface area contributed by atoms with E-state index in [-0.39, 0.29) is 16.0 Å². The van der Waals surface area contributed by atoms with Crippen LogP contribution in [0.4, 0.5) is 14.5 Å². The van der Waals surface area contributed by atoms with Gasteiger partial charge < -0.3 is 9.30 Å². The summed E-state index contributed by atoms with van der Waals surface area (Å²) in [5.41, 5.74) is -0.299. The second kappa shape index (κ2) is 5.49. The van der Waals surface area contributed by atoms with Gasteiger partial charge >= 0.3 is 0 Å². The zero-order valence-electron chi connectivity index (χ0n) is 10.9. The monoisotopic (exact) mass is 337 g/mol. The summed E-state index contributed by atoms with van der Waals surface area (Å²) in [6.45, 7) is 0. The lowest BCUT2D eigenvalue weighted by molar-refractivity contribution is 0.360. The molecular formula is C11H10ClF2N3O3S. The summed E-state index contributed by atoms with van der Waals surface area (Å²) >= 11 is 5.65. The van der Waals surface area contributed by atoms with E-state index >= 15 is 0 Å². The fourth-order valence-electron chi connectivity index (χ4n) is 1.57. The Labute approximate surface area is 124 Å². The number of nitrogens with zero attached hydrogens (tertiary/aromatic N) is 2. The Hall–Kier alpha value is -1.87. The molecule has 21 heavy (non-hydrogen) atoms. The highest BCUT2D eigenvalue weighted by molar-refractivity contribution is 7.92. The molecule has 0 atom stereocenters. The number of hydrogen-bond acceptors (Lipinski definition) is 4. The summed E-state index contributed by atoms with van der Waals surface area (Å²) in [7, 11) is -1.51. The van der Waals surface area contributed by atoms with Crippen LogP contribution in [0, 0.1) is 11.6 Å². The zero-order valence-corrected chi connectivity index (χ0v) is 12.5. The van der Waals surface area contributed by atoms with Crippen LogP contribution < -0.4 is 9.46 Å². The molecule has 1 N–H and O–H groups in total. The van der Waals surface area contributed by atoms with Gasteiger partial charge in [0, 0.05) is 25.4 Å². The van der Waals surface area contributed by atoms with E-state index in [9.17, 15) is 17.2 Å². The Morgan fingerprint density at radius 3 is 2.33 bits per heavy atom. The number of nitrogens with one attached hydrogen (secondary N) is 1. The van der Waals surface area contributed by atoms with Crippen molar-refractivity contribution in [2.75, 3.05) is 11.8 Å². The van der Waals surface area contributed by atoms with E-state index in [1.165, 1.54) is 17.8 Å². The molecule has 2 rings (SSSR count). The topological polar surface area (TPSA) is 73.2 Å². The number of anilines is 1. The van der Waals surface area contributed by atoms with Crippen molar-refractivity contribution in [3.05, 3.63) is 35.2 Å². The molecule has 0 aliphatic carbocycles. The van der Waals surface area contributed by atoms with Crippen molar-refractivity contribution in [1.82, 2.24) is 9.55 Å². The number of imidazole rings is 1. The van der Waals surface area contributed by atoms with Crippen LogP contribution in [0.25, 0.3) is 0 Å². The Kier molecular flexibility index (Phi) is 4.06. The van der Waals surface area contributed by atoms with Gasteiger partial charge in [0.25, 0.3) is 10.0 Å². The summed E-state index contributed by atoms with van der Waals surface area (Å²) in [6, 6.07) is 1.59. The number of aromatic nitrogens is 2. The van der Waals surface area contributed by atoms with Gasteiger partial charge in [-0.25, -0.2) is 13.8 Å². The number of sulfonamides is 1. The van der Waals surface area contributed by atoms with Gasteiger partial charge in [-0.1, -0.05) is 0 Å². The molecule has 1 aromatic heterocycles. The number of hydrogen-bond donors (Lipinski definition) is 1. The van der Waals surface area contributed by atoms with Crippen molar-refractivity contribution >= 4 is 27.3 Å². The average molecular weight is 338 g/mol. The molecule has 2 aromatic rings. The quantitative estimate of drug-likeness (QED) is 0.928. The molecule has 10 heteroatoms. The van der Waals surface area contributed by atoms with Gasteiger partial charge in [-0.2, -0.15) is 8.42 Å². The minimum atomic E-state index is -4.11. The molecule has 0 saturated carbocycles. The molecule has 6 nitrogen and oxygen atoms in total. The predicted octanol–water partition coefficient (Wildman–Crippen LogP) is 2.16. The fourth-order valence-corrected chi connectivity index (χ4v) is 2.79. The van der Waals surface area contributed by atoms with Gasteiger partial charge in [-0.15, -0.1) is 0 Å². The van der Waals surface area contributed by atoms with Gasteiger partial charge in [-0.3, -0.25) is 4.72 Å². The molecule has 0 aliphatic rings. The Morgan fingerprint density at radius 2 is 1.90 bits per heavy atom. The summed E-state index contributed by atoms with van der Waals surface area (Å²) < 4.78 is 58.9. The first kappa shape index (κ1) is 15.5. The number of aryl methyl sites for hydroxylation is 1. The third-order valence-corrected chi connectivity index (χ3v) is 4.13. The molecule has 0 unspecified atom stereocenters. The first-order chi connectivity index (χ1) is 9.74. The second-order valence-corrected chi connectivity index (χ2v) is 6.01. The molecule has 0 saturated heterocycles. The van der Waals surface area contributed by atoms with E-state index in [0.29, 0.717) is 0 Å². The van der Waals surface area contributed by atoms with Gasteiger partial charge in [0.2, 0.25) is 5.28 Å². The summed E-state index contributed by atoms with van der Waals surface area (Å²) in [5, 5.41) is -0.408. The van der Waals surface area contributed by atoms with Crippen LogP contribution in [0.5, 0.6) is 5.75 Å². The largest absolute Gasteiger partial charge is 0.491 e. The maximum absolute atomic E-state index is 13.5. The lowest BCUT2D eigenvalue weighted by Crippen LogP contribution is -2.14. The van der Waals surface area contributed by atoms with Crippen molar-refractivity contribution in [3.63, 3.8) is 0 Å². The van der Waals surface area contributed by atoms with Crippen molar-refractivity contribution in [3.8, 4) is 5.75 Å². The Morgan fingerprint density at radius 1 is 1.33 bits per heavy atom. The normalized spacial score (nSPS) is 11.5. The van der Waals surface area contributed by atoms with E-state index in [2.05, 4.69) is 9.72 Å². The van der Waals surface area contributed by atoms with E-state index in [0.717, 1.165) is 19.2 Å². The van der Waals surface area contributed by atoms with Crippen LogP contribution in [0.1, 0.15) is 0 Å². The maximum Gasteiger partial charge on any atom is 0.281 e. The fraction of sp³-hybridized carbons (Fsp3) is 0.182. The highest BCUT2D eigenvalue weighted by Gasteiger charge is 2.21. The van der Waals surface area contributed by atoms with Gasteiger partial charge in [0.05, 0.1) is 12.8 Å². The summed E-state index contributed by atoms with van der Waals surface area (Å²) in [5.74, 6) is -2.66. The smallest absolute Gasteiger partial charge is 0.281 e. The van der Waals surface area contributed by atoms with Crippen LogP contribution in [0.15, 0.2) is 23.4 Å². The standard InChI is InChI=1S/C11H10ClF2N3O3S/c1-17-5-9(15-11(17)12)21(18,19)16-6-3-7(13)10(20-2)8(14)4-6/h3-5,16H,1-2H3. The van der Waals surface area contributed by atoms with Gasteiger partial charge in [-0.05, 0) is 11.6 Å². The van der Waals surface area contributed by atoms with Gasteiger partial charge in [0.1, 0.15) is 0 Å². The van der Waals surface area contributed by atoms with E-state index in [1.54, 1.807) is 0 Å². The minimum absolute atomic E-state index is 0.0394. The van der Waals surface area contributed by atoms with Crippen LogP contribution in [-0.4, -0.2) is 25.1 Å². The SMILES string of the molecule is COc1c(F)cc(NS(=O)(=O)c2cn(C)c(Cl)n2)cc1F. The molecule has 0 aliphatic heterocycles. The van der Waals surface area contributed by atoms with Crippen molar-refractivity contribution in [2.24, 2.45) is 7.05 Å². The minimum Gasteiger partial charge on any atom is -0.491 e. The van der Waals surface area contributed by atoms with E-state index in [4.69, 9.17) is 11.6 Å². The molecule has 0 radical (unpaired) electrons. The van der Waals surface area contributed by atoms with Crippen LogP contribution in [0.3, 0.4) is 0 Å². The lowest BCUT2D eigenvalue weighted by atomic mass is 10.3. The number of benzene rings is 1. The maximum atomic E-state index is 13.5. The van der Waals surface area contributed by atoms with Crippen molar-refractivity contribution in [1.29, 1.82) is 0 Å². The predicted molar refractivity (Wildman–Crippen MR) is 71.9 cm³/mol. The van der Waals surface area contributed by atoms with Crippen LogP contribution in [0.2, 0.25) is 5.28 Å². The molecule has 0 fully saturated rings. The number of ether oxygens (including phenoxy) is 1.